The lowest BCUT2D eigenvalue weighted by Gasteiger charge is -2.42. The Balaban J connectivity index is 2.29. The van der Waals surface area contributed by atoms with Crippen LogP contribution in [0.2, 0.25) is 0 Å². The van der Waals surface area contributed by atoms with Crippen LogP contribution in [0.15, 0.2) is 18.2 Å². The van der Waals surface area contributed by atoms with E-state index in [-0.39, 0.29) is 11.5 Å². The topological polar surface area (TPSA) is 56.3 Å². The molecule has 1 aliphatic heterocycles. The van der Waals surface area contributed by atoms with Gasteiger partial charge in [-0.25, -0.2) is 4.79 Å². The second-order valence-corrected chi connectivity index (χ2v) is 7.84. The van der Waals surface area contributed by atoms with Crippen LogP contribution in [-0.2, 0) is 6.42 Å². The van der Waals surface area contributed by atoms with Gasteiger partial charge in [-0.1, -0.05) is 32.9 Å². The lowest BCUT2D eigenvalue weighted by Crippen LogP contribution is -2.44. The van der Waals surface area contributed by atoms with Crippen molar-refractivity contribution in [2.45, 2.75) is 33.2 Å². The fraction of sp³-hybridized carbons (Fsp3) is 0.438. The van der Waals surface area contributed by atoms with Crippen LogP contribution in [0.3, 0.4) is 0 Å². The molecule has 1 aromatic heterocycles. The molecule has 0 saturated heterocycles. The molecule has 2 N–H and O–H groups in total. The highest BCUT2D eigenvalue weighted by molar-refractivity contribution is 14.1. The Morgan fingerprint density at radius 3 is 2.76 bits per heavy atom. The first-order valence-electron chi connectivity index (χ1n) is 7.09. The van der Waals surface area contributed by atoms with E-state index in [1.54, 1.807) is 4.90 Å². The lowest BCUT2D eigenvalue weighted by molar-refractivity contribution is 0.0764. The number of aromatic nitrogens is 1. The largest absolute Gasteiger partial charge is 0.465 e. The van der Waals surface area contributed by atoms with Crippen LogP contribution in [0.1, 0.15) is 38.1 Å². The number of para-hydroxylation sites is 1. The van der Waals surface area contributed by atoms with Crippen molar-refractivity contribution in [3.8, 4) is 0 Å². The molecule has 2 heterocycles. The standard InChI is InChI=1S/C16H19IN2O2/c1-16(2,3)14-12-9-5-4-6-10(17)13(9)18-11(12)7-8-19(14)15(20)21/h4-6,14,18H,7-8H2,1-3H3,(H,20,21). The molecule has 112 valence electrons. The average molecular weight is 398 g/mol. The fourth-order valence-electron chi connectivity index (χ4n) is 3.39. The Bertz CT molecular complexity index is 715. The average Bonchev–Trinajstić information content (AvgIpc) is 2.76. The maximum absolute atomic E-state index is 11.7. The highest BCUT2D eigenvalue weighted by atomic mass is 127. The van der Waals surface area contributed by atoms with E-state index in [1.807, 2.05) is 6.07 Å². The molecule has 0 spiro atoms. The van der Waals surface area contributed by atoms with E-state index in [9.17, 15) is 9.90 Å². The van der Waals surface area contributed by atoms with Gasteiger partial charge in [0.15, 0.2) is 0 Å². The Hall–Kier alpha value is -1.24. The molecule has 1 aliphatic rings. The van der Waals surface area contributed by atoms with Gasteiger partial charge in [-0.3, -0.25) is 0 Å². The third kappa shape index (κ3) is 2.31. The number of hydrogen-bond donors (Lipinski definition) is 2. The first kappa shape index (κ1) is 14.7. The number of nitrogens with one attached hydrogen (secondary N) is 1. The number of H-pyrrole nitrogens is 1. The van der Waals surface area contributed by atoms with Crippen LogP contribution >= 0.6 is 22.6 Å². The van der Waals surface area contributed by atoms with E-state index in [0.29, 0.717) is 6.54 Å². The zero-order chi connectivity index (χ0) is 15.4. The molecule has 1 unspecified atom stereocenters. The number of carboxylic acid groups (broad SMARTS) is 1. The summed E-state index contributed by atoms with van der Waals surface area (Å²) in [6, 6.07) is 6.09. The fourth-order valence-corrected chi connectivity index (χ4v) is 4.02. The van der Waals surface area contributed by atoms with Crippen LogP contribution in [0, 0.1) is 8.99 Å². The Kier molecular flexibility index (Phi) is 3.43. The molecule has 2 aromatic rings. The number of halogens is 1. The molecule has 0 radical (unpaired) electrons. The summed E-state index contributed by atoms with van der Waals surface area (Å²) >= 11 is 2.33. The summed E-state index contributed by atoms with van der Waals surface area (Å²) in [5.74, 6) is 0. The number of amides is 1. The number of fused-ring (bicyclic) bond motifs is 3. The minimum Gasteiger partial charge on any atom is -0.465 e. The highest BCUT2D eigenvalue weighted by Crippen LogP contribution is 2.45. The van der Waals surface area contributed by atoms with Crippen molar-refractivity contribution in [1.82, 2.24) is 9.88 Å². The van der Waals surface area contributed by atoms with Gasteiger partial charge < -0.3 is 15.0 Å². The number of carbonyl (C=O) groups is 1. The summed E-state index contributed by atoms with van der Waals surface area (Å²) in [6.07, 6.45) is -0.0838. The minimum absolute atomic E-state index is 0.120. The molecule has 1 amide bonds. The van der Waals surface area contributed by atoms with Crippen molar-refractivity contribution in [1.29, 1.82) is 0 Å². The zero-order valence-electron chi connectivity index (χ0n) is 12.4. The van der Waals surface area contributed by atoms with Crippen molar-refractivity contribution >= 4 is 39.6 Å². The Labute approximate surface area is 137 Å². The van der Waals surface area contributed by atoms with Crippen molar-refractivity contribution in [2.75, 3.05) is 6.54 Å². The van der Waals surface area contributed by atoms with Gasteiger partial charge >= 0.3 is 6.09 Å². The quantitative estimate of drug-likeness (QED) is 0.647. The van der Waals surface area contributed by atoms with E-state index in [4.69, 9.17) is 0 Å². The number of hydrogen-bond acceptors (Lipinski definition) is 1. The van der Waals surface area contributed by atoms with E-state index in [1.165, 1.54) is 9.26 Å². The monoisotopic (exact) mass is 398 g/mol. The van der Waals surface area contributed by atoms with Crippen LogP contribution in [0.25, 0.3) is 10.9 Å². The predicted molar refractivity (Wildman–Crippen MR) is 91.6 cm³/mol. The second kappa shape index (κ2) is 4.90. The summed E-state index contributed by atoms with van der Waals surface area (Å²) in [6.45, 7) is 6.87. The number of aromatic amines is 1. The molecule has 0 aliphatic carbocycles. The van der Waals surface area contributed by atoms with Gasteiger partial charge in [0.05, 0.1) is 11.6 Å². The smallest absolute Gasteiger partial charge is 0.407 e. The minimum atomic E-state index is -0.833. The lowest BCUT2D eigenvalue weighted by atomic mass is 9.78. The molecule has 5 heteroatoms. The highest BCUT2D eigenvalue weighted by Gasteiger charge is 2.40. The number of benzene rings is 1. The van der Waals surface area contributed by atoms with Gasteiger partial charge in [-0.15, -0.1) is 0 Å². The summed E-state index contributed by atoms with van der Waals surface area (Å²) in [5, 5.41) is 10.7. The first-order chi connectivity index (χ1) is 9.80. The molecular weight excluding hydrogens is 379 g/mol. The van der Waals surface area contributed by atoms with Crippen molar-refractivity contribution < 1.29 is 9.90 Å². The van der Waals surface area contributed by atoms with Gasteiger partial charge in [0, 0.05) is 33.2 Å². The van der Waals surface area contributed by atoms with Crippen LogP contribution in [0.4, 0.5) is 4.79 Å². The predicted octanol–water partition coefficient (Wildman–Crippen LogP) is 4.40. The molecule has 1 aromatic carbocycles. The van der Waals surface area contributed by atoms with Crippen molar-refractivity contribution in [3.63, 3.8) is 0 Å². The maximum Gasteiger partial charge on any atom is 0.407 e. The van der Waals surface area contributed by atoms with Gasteiger partial charge in [0.2, 0.25) is 0 Å². The summed E-state index contributed by atoms with van der Waals surface area (Å²) in [5.41, 5.74) is 3.32. The third-order valence-electron chi connectivity index (χ3n) is 4.16. The normalized spacial score (nSPS) is 18.9. The molecule has 0 bridgehead atoms. The molecule has 3 rings (SSSR count). The van der Waals surface area contributed by atoms with E-state index < -0.39 is 6.09 Å². The van der Waals surface area contributed by atoms with Crippen LogP contribution in [0.5, 0.6) is 0 Å². The van der Waals surface area contributed by atoms with Crippen LogP contribution < -0.4 is 0 Å². The van der Waals surface area contributed by atoms with Crippen molar-refractivity contribution in [3.05, 3.63) is 33.0 Å². The SMILES string of the molecule is CC(C)(C)C1c2c([nH]c3c(I)cccc23)CCN1C(=O)O. The molecular formula is C16H19IN2O2. The number of rotatable bonds is 0. The molecule has 4 nitrogen and oxygen atoms in total. The number of nitrogens with zero attached hydrogens (tertiary/aromatic N) is 1. The first-order valence-corrected chi connectivity index (χ1v) is 8.17. The Morgan fingerprint density at radius 2 is 2.14 bits per heavy atom. The second-order valence-electron chi connectivity index (χ2n) is 6.67. The van der Waals surface area contributed by atoms with Gasteiger partial charge in [0.25, 0.3) is 0 Å². The molecule has 0 saturated carbocycles. The van der Waals surface area contributed by atoms with E-state index in [0.717, 1.165) is 22.9 Å². The van der Waals surface area contributed by atoms with Crippen molar-refractivity contribution in [2.24, 2.45) is 5.41 Å². The molecule has 21 heavy (non-hydrogen) atoms. The maximum atomic E-state index is 11.7. The summed E-state index contributed by atoms with van der Waals surface area (Å²) in [7, 11) is 0. The molecule has 0 fully saturated rings. The summed E-state index contributed by atoms with van der Waals surface area (Å²) < 4.78 is 1.18. The summed E-state index contributed by atoms with van der Waals surface area (Å²) in [4.78, 5) is 16.8. The van der Waals surface area contributed by atoms with Gasteiger partial charge in [-0.2, -0.15) is 0 Å². The van der Waals surface area contributed by atoms with E-state index in [2.05, 4.69) is 60.5 Å². The molecule has 1 atom stereocenters. The van der Waals surface area contributed by atoms with Crippen LogP contribution in [-0.4, -0.2) is 27.6 Å². The third-order valence-corrected chi connectivity index (χ3v) is 5.06. The zero-order valence-corrected chi connectivity index (χ0v) is 14.6. The van der Waals surface area contributed by atoms with Gasteiger partial charge in [0.1, 0.15) is 0 Å². The Morgan fingerprint density at radius 1 is 1.43 bits per heavy atom. The van der Waals surface area contributed by atoms with Gasteiger partial charge in [-0.05, 0) is 34.1 Å². The van der Waals surface area contributed by atoms with E-state index >= 15 is 0 Å².